The topological polar surface area (TPSA) is 68.9 Å². The Morgan fingerprint density at radius 3 is 2.08 bits per heavy atom. The number of halogens is 3. The summed E-state index contributed by atoms with van der Waals surface area (Å²) in [5.74, 6) is -0.735. The first kappa shape index (κ1) is 9.94. The van der Waals surface area contributed by atoms with Crippen LogP contribution in [0.3, 0.4) is 0 Å². The van der Waals surface area contributed by atoms with Gasteiger partial charge in [0.05, 0.1) is 0 Å². The summed E-state index contributed by atoms with van der Waals surface area (Å²) in [6.45, 7) is 0. The van der Waals surface area contributed by atoms with Gasteiger partial charge in [-0.25, -0.2) is 9.97 Å². The summed E-state index contributed by atoms with van der Waals surface area (Å²) < 4.78 is 0.368. The lowest BCUT2D eigenvalue weighted by atomic mass is 10.3. The van der Waals surface area contributed by atoms with E-state index < -0.39 is 5.91 Å². The van der Waals surface area contributed by atoms with E-state index in [2.05, 4.69) is 9.97 Å². The SMILES string of the molecule is NC(=O)c1c(Cl)nc(I)nc1Cl. The summed E-state index contributed by atoms with van der Waals surface area (Å²) in [4.78, 5) is 18.1. The third-order valence-corrected chi connectivity index (χ3v) is 2.07. The highest BCUT2D eigenvalue weighted by molar-refractivity contribution is 14.1. The van der Waals surface area contributed by atoms with Crippen LogP contribution in [0.5, 0.6) is 0 Å². The molecule has 1 aromatic rings. The Morgan fingerprint density at radius 2 is 1.75 bits per heavy atom. The largest absolute Gasteiger partial charge is 0.365 e. The Bertz CT molecular complexity index is 320. The third kappa shape index (κ3) is 1.96. The fraction of sp³-hybridized carbons (Fsp3) is 0. The molecule has 1 amide bonds. The standard InChI is InChI=1S/C5H2Cl2IN3O/c6-2-1(4(9)12)3(7)11-5(8)10-2/h(H2,9,12). The predicted octanol–water partition coefficient (Wildman–Crippen LogP) is 1.49. The van der Waals surface area contributed by atoms with Gasteiger partial charge in [0.25, 0.3) is 5.91 Å². The molecule has 0 aromatic carbocycles. The molecular formula is C5H2Cl2IN3O. The van der Waals surface area contributed by atoms with Gasteiger partial charge >= 0.3 is 0 Å². The molecule has 0 saturated heterocycles. The van der Waals surface area contributed by atoms with Gasteiger partial charge in [0, 0.05) is 22.6 Å². The Labute approximate surface area is 91.6 Å². The molecule has 0 aliphatic rings. The monoisotopic (exact) mass is 317 g/mol. The molecule has 4 nitrogen and oxygen atoms in total. The number of aromatic nitrogens is 2. The quantitative estimate of drug-likeness (QED) is 0.484. The van der Waals surface area contributed by atoms with Crippen LogP contribution in [0.25, 0.3) is 0 Å². The Kier molecular flexibility index (Phi) is 3.08. The molecule has 1 aromatic heterocycles. The maximum absolute atomic E-state index is 10.7. The van der Waals surface area contributed by atoms with Crippen molar-refractivity contribution in [3.8, 4) is 0 Å². The number of primary amides is 1. The van der Waals surface area contributed by atoms with Gasteiger partial charge in [0.15, 0.2) is 3.83 Å². The third-order valence-electron chi connectivity index (χ3n) is 1.04. The highest BCUT2D eigenvalue weighted by Gasteiger charge is 2.14. The van der Waals surface area contributed by atoms with E-state index in [1.807, 2.05) is 22.6 Å². The van der Waals surface area contributed by atoms with Crippen molar-refractivity contribution in [2.45, 2.75) is 0 Å². The van der Waals surface area contributed by atoms with Crippen molar-refractivity contribution in [2.24, 2.45) is 5.73 Å². The summed E-state index contributed by atoms with van der Waals surface area (Å²) in [5, 5.41) is -0.0428. The van der Waals surface area contributed by atoms with Crippen LogP contribution in [0.15, 0.2) is 0 Å². The van der Waals surface area contributed by atoms with Gasteiger partial charge in [0.2, 0.25) is 0 Å². The van der Waals surface area contributed by atoms with E-state index in [4.69, 9.17) is 28.9 Å². The molecule has 0 fully saturated rings. The van der Waals surface area contributed by atoms with Gasteiger partial charge in [-0.2, -0.15) is 0 Å². The lowest BCUT2D eigenvalue weighted by Crippen LogP contribution is -2.14. The van der Waals surface area contributed by atoms with Crippen molar-refractivity contribution < 1.29 is 4.79 Å². The fourth-order valence-electron chi connectivity index (χ4n) is 0.587. The zero-order chi connectivity index (χ0) is 9.30. The minimum absolute atomic E-state index is 0.0214. The zero-order valence-corrected chi connectivity index (χ0v) is 9.18. The Morgan fingerprint density at radius 1 is 1.33 bits per heavy atom. The van der Waals surface area contributed by atoms with Crippen LogP contribution in [0.2, 0.25) is 10.3 Å². The molecule has 7 heteroatoms. The molecule has 0 saturated carbocycles. The van der Waals surface area contributed by atoms with Crippen molar-refractivity contribution >= 4 is 51.7 Å². The molecule has 0 bridgehead atoms. The number of hydrogen-bond donors (Lipinski definition) is 1. The first-order valence-electron chi connectivity index (χ1n) is 2.70. The van der Waals surface area contributed by atoms with Crippen LogP contribution in [0, 0.1) is 3.83 Å². The molecule has 1 rings (SSSR count). The molecule has 0 atom stereocenters. The van der Waals surface area contributed by atoms with E-state index in [9.17, 15) is 4.79 Å². The molecule has 12 heavy (non-hydrogen) atoms. The van der Waals surface area contributed by atoms with Gasteiger partial charge in [0.1, 0.15) is 15.9 Å². The first-order valence-corrected chi connectivity index (χ1v) is 4.54. The highest BCUT2D eigenvalue weighted by atomic mass is 127. The maximum atomic E-state index is 10.7. The molecule has 2 N–H and O–H groups in total. The molecule has 0 radical (unpaired) electrons. The van der Waals surface area contributed by atoms with E-state index in [0.29, 0.717) is 3.83 Å². The number of carbonyl (C=O) groups is 1. The molecule has 0 aliphatic heterocycles. The van der Waals surface area contributed by atoms with Crippen LogP contribution < -0.4 is 5.73 Å². The fourth-order valence-corrected chi connectivity index (χ4v) is 1.93. The first-order chi connectivity index (χ1) is 5.52. The second-order valence-electron chi connectivity index (χ2n) is 1.81. The second kappa shape index (κ2) is 3.71. The summed E-state index contributed by atoms with van der Waals surface area (Å²) >= 11 is 13.0. The maximum Gasteiger partial charge on any atom is 0.254 e. The summed E-state index contributed by atoms with van der Waals surface area (Å²) in [6.07, 6.45) is 0. The number of hydrogen-bond acceptors (Lipinski definition) is 3. The van der Waals surface area contributed by atoms with E-state index in [0.717, 1.165) is 0 Å². The van der Waals surface area contributed by atoms with E-state index >= 15 is 0 Å². The highest BCUT2D eigenvalue weighted by Crippen LogP contribution is 2.20. The number of nitrogens with zero attached hydrogens (tertiary/aromatic N) is 2. The van der Waals surface area contributed by atoms with Crippen LogP contribution in [0.1, 0.15) is 10.4 Å². The Hall–Kier alpha value is -0.140. The van der Waals surface area contributed by atoms with Crippen LogP contribution in [-0.2, 0) is 0 Å². The lowest BCUT2D eigenvalue weighted by Gasteiger charge is -2.00. The van der Waals surface area contributed by atoms with Crippen molar-refractivity contribution in [3.05, 3.63) is 19.7 Å². The number of nitrogens with two attached hydrogens (primary N) is 1. The average Bonchev–Trinajstić information content (AvgIpc) is 1.82. The van der Waals surface area contributed by atoms with Gasteiger partial charge in [-0.05, 0) is 0 Å². The zero-order valence-electron chi connectivity index (χ0n) is 5.51. The summed E-state index contributed by atoms with van der Waals surface area (Å²) in [7, 11) is 0. The lowest BCUT2D eigenvalue weighted by molar-refractivity contribution is 0.1000. The normalized spacial score (nSPS) is 9.92. The van der Waals surface area contributed by atoms with Crippen LogP contribution in [0.4, 0.5) is 0 Å². The predicted molar refractivity (Wildman–Crippen MR) is 53.3 cm³/mol. The molecular weight excluding hydrogens is 316 g/mol. The molecule has 64 valence electrons. The van der Waals surface area contributed by atoms with Crippen LogP contribution in [-0.4, -0.2) is 15.9 Å². The van der Waals surface area contributed by atoms with E-state index in [1.54, 1.807) is 0 Å². The van der Waals surface area contributed by atoms with E-state index in [1.165, 1.54) is 0 Å². The minimum Gasteiger partial charge on any atom is -0.365 e. The van der Waals surface area contributed by atoms with Crippen molar-refractivity contribution in [3.63, 3.8) is 0 Å². The summed E-state index contributed by atoms with van der Waals surface area (Å²) in [5.41, 5.74) is 4.93. The molecule has 0 unspecified atom stereocenters. The smallest absolute Gasteiger partial charge is 0.254 e. The van der Waals surface area contributed by atoms with Gasteiger partial charge < -0.3 is 5.73 Å². The molecule has 1 heterocycles. The van der Waals surface area contributed by atoms with Crippen molar-refractivity contribution in [1.82, 2.24) is 9.97 Å². The number of carbonyl (C=O) groups excluding carboxylic acids is 1. The van der Waals surface area contributed by atoms with Gasteiger partial charge in [-0.15, -0.1) is 0 Å². The minimum atomic E-state index is -0.735. The number of rotatable bonds is 1. The van der Waals surface area contributed by atoms with E-state index in [-0.39, 0.29) is 15.9 Å². The Balaban J connectivity index is 3.38. The van der Waals surface area contributed by atoms with Gasteiger partial charge in [-0.1, -0.05) is 23.2 Å². The molecule has 0 spiro atoms. The van der Waals surface area contributed by atoms with Gasteiger partial charge in [-0.3, -0.25) is 4.79 Å². The second-order valence-corrected chi connectivity index (χ2v) is 3.49. The number of amides is 1. The summed E-state index contributed by atoms with van der Waals surface area (Å²) in [6, 6.07) is 0. The average molecular weight is 318 g/mol. The van der Waals surface area contributed by atoms with Crippen LogP contribution >= 0.6 is 45.8 Å². The van der Waals surface area contributed by atoms with Crippen molar-refractivity contribution in [1.29, 1.82) is 0 Å². The molecule has 0 aliphatic carbocycles. The van der Waals surface area contributed by atoms with Crippen molar-refractivity contribution in [2.75, 3.05) is 0 Å².